The van der Waals surface area contributed by atoms with Crippen LogP contribution in [0.2, 0.25) is 0 Å². The van der Waals surface area contributed by atoms with Gasteiger partial charge in [-0.3, -0.25) is 4.90 Å². The van der Waals surface area contributed by atoms with Crippen LogP contribution in [0.5, 0.6) is 0 Å². The quantitative estimate of drug-likeness (QED) is 0.913. The van der Waals surface area contributed by atoms with E-state index in [1.54, 1.807) is 0 Å². The third-order valence-corrected chi connectivity index (χ3v) is 4.86. The van der Waals surface area contributed by atoms with Crippen LogP contribution >= 0.6 is 15.9 Å². The minimum atomic E-state index is -0.414. The monoisotopic (exact) mass is 338 g/mol. The smallest absolute Gasteiger partial charge is 0.0782 e. The molecule has 2 fully saturated rings. The van der Waals surface area contributed by atoms with E-state index in [-0.39, 0.29) is 0 Å². The third kappa shape index (κ3) is 3.35. The normalized spacial score (nSPS) is 22.1. The van der Waals surface area contributed by atoms with Crippen LogP contribution in [0.4, 0.5) is 5.69 Å². The standard InChI is InChI=1S/C16H23BrN2O/c1-12(20)15-5-4-14(17)10-16(15)19-8-6-18(7-9-19)11-13-2-3-13/h4-5,10,12-13,20H,2-3,6-9,11H2,1H3. The summed E-state index contributed by atoms with van der Waals surface area (Å²) in [5.41, 5.74) is 2.21. The van der Waals surface area contributed by atoms with E-state index in [0.717, 1.165) is 42.1 Å². The molecule has 3 nitrogen and oxygen atoms in total. The number of piperazine rings is 1. The maximum Gasteiger partial charge on any atom is 0.0782 e. The summed E-state index contributed by atoms with van der Waals surface area (Å²) in [4.78, 5) is 5.00. The average molecular weight is 339 g/mol. The number of hydrogen-bond acceptors (Lipinski definition) is 3. The van der Waals surface area contributed by atoms with Crippen molar-refractivity contribution in [3.8, 4) is 0 Å². The van der Waals surface area contributed by atoms with Crippen LogP contribution in [-0.4, -0.2) is 42.7 Å². The highest BCUT2D eigenvalue weighted by Gasteiger charge is 2.27. The molecule has 0 radical (unpaired) electrons. The molecule has 1 unspecified atom stereocenters. The predicted octanol–water partition coefficient (Wildman–Crippen LogP) is 3.03. The highest BCUT2D eigenvalue weighted by Crippen LogP contribution is 2.32. The van der Waals surface area contributed by atoms with Crippen LogP contribution in [0.3, 0.4) is 0 Å². The molecule has 0 aromatic heterocycles. The Hall–Kier alpha value is -0.580. The van der Waals surface area contributed by atoms with Crippen LogP contribution in [-0.2, 0) is 0 Å². The molecule has 1 N–H and O–H groups in total. The number of benzene rings is 1. The van der Waals surface area contributed by atoms with E-state index in [9.17, 15) is 5.11 Å². The summed E-state index contributed by atoms with van der Waals surface area (Å²) in [5, 5.41) is 9.95. The Morgan fingerprint density at radius 3 is 2.55 bits per heavy atom. The van der Waals surface area contributed by atoms with Gasteiger partial charge in [-0.1, -0.05) is 22.0 Å². The van der Waals surface area contributed by atoms with Crippen molar-refractivity contribution in [3.05, 3.63) is 28.2 Å². The summed E-state index contributed by atoms with van der Waals surface area (Å²) < 4.78 is 1.08. The number of rotatable bonds is 4. The van der Waals surface area contributed by atoms with Gasteiger partial charge in [0, 0.05) is 48.4 Å². The third-order valence-electron chi connectivity index (χ3n) is 4.37. The molecule has 1 aliphatic heterocycles. The first-order valence-corrected chi connectivity index (χ1v) is 8.37. The zero-order valence-corrected chi connectivity index (χ0v) is 13.6. The minimum Gasteiger partial charge on any atom is -0.389 e. The minimum absolute atomic E-state index is 0.414. The van der Waals surface area contributed by atoms with Crippen molar-refractivity contribution in [1.29, 1.82) is 0 Å². The number of hydrogen-bond donors (Lipinski definition) is 1. The maximum atomic E-state index is 9.95. The average Bonchev–Trinajstić information content (AvgIpc) is 3.23. The van der Waals surface area contributed by atoms with E-state index in [1.165, 1.54) is 25.1 Å². The van der Waals surface area contributed by atoms with Crippen molar-refractivity contribution in [2.45, 2.75) is 25.9 Å². The number of anilines is 1. The molecular weight excluding hydrogens is 316 g/mol. The predicted molar refractivity (Wildman–Crippen MR) is 86.2 cm³/mol. The van der Waals surface area contributed by atoms with Gasteiger partial charge in [0.1, 0.15) is 0 Å². The molecule has 3 rings (SSSR count). The van der Waals surface area contributed by atoms with E-state index in [4.69, 9.17) is 0 Å². The van der Waals surface area contributed by atoms with E-state index < -0.39 is 6.10 Å². The molecule has 1 aromatic carbocycles. The lowest BCUT2D eigenvalue weighted by atomic mass is 10.1. The summed E-state index contributed by atoms with van der Waals surface area (Å²) in [5.74, 6) is 0.973. The second-order valence-electron chi connectivity index (χ2n) is 6.11. The van der Waals surface area contributed by atoms with Gasteiger partial charge in [0.05, 0.1) is 6.10 Å². The van der Waals surface area contributed by atoms with Gasteiger partial charge in [-0.25, -0.2) is 0 Å². The second kappa shape index (κ2) is 6.04. The largest absolute Gasteiger partial charge is 0.389 e. The Morgan fingerprint density at radius 2 is 1.95 bits per heavy atom. The van der Waals surface area contributed by atoms with Gasteiger partial charge in [0.25, 0.3) is 0 Å². The van der Waals surface area contributed by atoms with Gasteiger partial charge >= 0.3 is 0 Å². The number of nitrogens with zero attached hydrogens (tertiary/aromatic N) is 2. The molecule has 20 heavy (non-hydrogen) atoms. The topological polar surface area (TPSA) is 26.7 Å². The highest BCUT2D eigenvalue weighted by atomic mass is 79.9. The van der Waals surface area contributed by atoms with E-state index in [2.05, 4.69) is 31.8 Å². The van der Waals surface area contributed by atoms with Gasteiger partial charge in [-0.05, 0) is 37.8 Å². The van der Waals surface area contributed by atoms with Crippen molar-refractivity contribution in [2.75, 3.05) is 37.6 Å². The van der Waals surface area contributed by atoms with Gasteiger partial charge in [-0.15, -0.1) is 0 Å². The van der Waals surface area contributed by atoms with Crippen LogP contribution < -0.4 is 4.90 Å². The first kappa shape index (κ1) is 14.4. The molecule has 1 saturated carbocycles. The van der Waals surface area contributed by atoms with Crippen molar-refractivity contribution in [3.63, 3.8) is 0 Å². The fourth-order valence-corrected chi connectivity index (χ4v) is 3.33. The molecule has 0 bridgehead atoms. The molecule has 4 heteroatoms. The van der Waals surface area contributed by atoms with Gasteiger partial charge in [-0.2, -0.15) is 0 Å². The summed E-state index contributed by atoms with van der Waals surface area (Å²) >= 11 is 3.55. The first-order chi connectivity index (χ1) is 9.63. The van der Waals surface area contributed by atoms with Crippen molar-refractivity contribution in [2.24, 2.45) is 5.92 Å². The molecular formula is C16H23BrN2O. The van der Waals surface area contributed by atoms with Crippen LogP contribution in [0.15, 0.2) is 22.7 Å². The maximum absolute atomic E-state index is 9.95. The van der Waals surface area contributed by atoms with Crippen molar-refractivity contribution >= 4 is 21.6 Å². The number of aliphatic hydroxyl groups is 1. The first-order valence-electron chi connectivity index (χ1n) is 7.58. The Bertz CT molecular complexity index is 466. The molecule has 0 spiro atoms. The van der Waals surface area contributed by atoms with Gasteiger partial charge in [0.15, 0.2) is 0 Å². The fraction of sp³-hybridized carbons (Fsp3) is 0.625. The van der Waals surface area contributed by atoms with Crippen molar-refractivity contribution < 1.29 is 5.11 Å². The Balaban J connectivity index is 1.68. The number of aliphatic hydroxyl groups excluding tert-OH is 1. The molecule has 2 aliphatic rings. The van der Waals surface area contributed by atoms with E-state index >= 15 is 0 Å². The lowest BCUT2D eigenvalue weighted by Crippen LogP contribution is -2.47. The van der Waals surface area contributed by atoms with Crippen LogP contribution in [0.1, 0.15) is 31.4 Å². The van der Waals surface area contributed by atoms with E-state index in [1.807, 2.05) is 19.1 Å². The highest BCUT2D eigenvalue weighted by molar-refractivity contribution is 9.10. The summed E-state index contributed by atoms with van der Waals surface area (Å²) in [6.07, 6.45) is 2.44. The second-order valence-corrected chi connectivity index (χ2v) is 7.03. The van der Waals surface area contributed by atoms with E-state index in [0.29, 0.717) is 0 Å². The van der Waals surface area contributed by atoms with Gasteiger partial charge in [0.2, 0.25) is 0 Å². The molecule has 0 amide bonds. The molecule has 1 heterocycles. The van der Waals surface area contributed by atoms with Crippen LogP contribution in [0.25, 0.3) is 0 Å². The molecule has 1 aromatic rings. The summed E-state index contributed by atoms with van der Waals surface area (Å²) in [6.45, 7) is 7.53. The lowest BCUT2D eigenvalue weighted by molar-refractivity contribution is 0.198. The van der Waals surface area contributed by atoms with Crippen LogP contribution in [0, 0.1) is 5.92 Å². The molecule has 1 aliphatic carbocycles. The Kier molecular flexibility index (Phi) is 4.34. The molecule has 110 valence electrons. The zero-order chi connectivity index (χ0) is 14.1. The SMILES string of the molecule is CC(O)c1ccc(Br)cc1N1CCN(CC2CC2)CC1. The fourth-order valence-electron chi connectivity index (χ4n) is 2.98. The lowest BCUT2D eigenvalue weighted by Gasteiger charge is -2.37. The van der Waals surface area contributed by atoms with Gasteiger partial charge < -0.3 is 10.0 Å². The summed E-state index contributed by atoms with van der Waals surface area (Å²) in [6, 6.07) is 6.17. The summed E-state index contributed by atoms with van der Waals surface area (Å²) in [7, 11) is 0. The zero-order valence-electron chi connectivity index (χ0n) is 12.1. The van der Waals surface area contributed by atoms with Crippen molar-refractivity contribution in [1.82, 2.24) is 4.90 Å². The molecule has 1 atom stereocenters. The Labute approximate surface area is 129 Å². The molecule has 1 saturated heterocycles. The number of halogens is 1. The Morgan fingerprint density at radius 1 is 1.25 bits per heavy atom.